The first kappa shape index (κ1) is 13.2. The largest absolute Gasteiger partial charge is 0.481 e. The molecule has 2 atom stereocenters. The summed E-state index contributed by atoms with van der Waals surface area (Å²) in [5.41, 5.74) is 1.36. The van der Waals surface area contributed by atoms with E-state index in [1.54, 1.807) is 25.2 Å². The summed E-state index contributed by atoms with van der Waals surface area (Å²) < 4.78 is 1.53. The molecule has 0 spiro atoms. The molecule has 8 nitrogen and oxygen atoms in total. The molecule has 21 heavy (non-hydrogen) atoms. The minimum Gasteiger partial charge on any atom is -0.481 e. The van der Waals surface area contributed by atoms with Gasteiger partial charge in [0.25, 0.3) is 0 Å². The van der Waals surface area contributed by atoms with E-state index < -0.39 is 17.8 Å². The lowest BCUT2D eigenvalue weighted by atomic mass is 10.2. The van der Waals surface area contributed by atoms with E-state index in [0.717, 1.165) is 5.56 Å². The van der Waals surface area contributed by atoms with E-state index in [1.807, 2.05) is 6.07 Å². The molecule has 1 aliphatic rings. The van der Waals surface area contributed by atoms with Gasteiger partial charge in [0.2, 0.25) is 5.91 Å². The first-order valence-electron chi connectivity index (χ1n) is 6.42. The van der Waals surface area contributed by atoms with Crippen LogP contribution >= 0.6 is 0 Å². The second-order valence-electron chi connectivity index (χ2n) is 4.98. The first-order valence-corrected chi connectivity index (χ1v) is 6.42. The second kappa shape index (κ2) is 4.97. The van der Waals surface area contributed by atoms with Crippen LogP contribution in [0.25, 0.3) is 11.4 Å². The fraction of sp³-hybridized carbons (Fsp3) is 0.308. The quantitative estimate of drug-likeness (QED) is 0.849. The number of aryl methyl sites for hydroxylation is 1. The lowest BCUT2D eigenvalue weighted by molar-refractivity contribution is -0.139. The number of aliphatic carboxylic acids is 1. The maximum Gasteiger partial charge on any atom is 0.307 e. The number of carbonyl (C=O) groups is 2. The van der Waals surface area contributed by atoms with Crippen molar-refractivity contribution in [1.82, 2.24) is 20.2 Å². The molecule has 1 amide bonds. The summed E-state index contributed by atoms with van der Waals surface area (Å²) in [6.45, 7) is 0. The number of nitrogens with one attached hydrogen (secondary N) is 1. The van der Waals surface area contributed by atoms with E-state index in [1.165, 1.54) is 4.68 Å². The molecule has 108 valence electrons. The van der Waals surface area contributed by atoms with Crippen LogP contribution in [-0.2, 0) is 16.6 Å². The topological polar surface area (TPSA) is 110 Å². The normalized spacial score (nSPS) is 20.0. The minimum absolute atomic E-state index is 0.268. The number of hydrogen-bond acceptors (Lipinski definition) is 5. The maximum absolute atomic E-state index is 11.9. The minimum atomic E-state index is -0.922. The zero-order valence-corrected chi connectivity index (χ0v) is 11.2. The van der Waals surface area contributed by atoms with Gasteiger partial charge in [0.05, 0.1) is 11.8 Å². The van der Waals surface area contributed by atoms with E-state index >= 15 is 0 Å². The Bertz CT molecular complexity index is 711. The number of nitrogens with zero attached hydrogens (tertiary/aromatic N) is 4. The number of amides is 1. The fourth-order valence-electron chi connectivity index (χ4n) is 2.20. The van der Waals surface area contributed by atoms with Gasteiger partial charge in [-0.05, 0) is 29.0 Å². The number of rotatable bonds is 4. The summed E-state index contributed by atoms with van der Waals surface area (Å²) in [7, 11) is 1.72. The zero-order chi connectivity index (χ0) is 15.0. The molecule has 0 aliphatic heterocycles. The van der Waals surface area contributed by atoms with Gasteiger partial charge >= 0.3 is 5.97 Å². The lowest BCUT2D eigenvalue weighted by Crippen LogP contribution is -2.16. The molecule has 0 unspecified atom stereocenters. The van der Waals surface area contributed by atoms with Crippen LogP contribution < -0.4 is 5.32 Å². The van der Waals surface area contributed by atoms with Crippen LogP contribution in [0.15, 0.2) is 24.3 Å². The van der Waals surface area contributed by atoms with E-state index in [0.29, 0.717) is 17.9 Å². The third kappa shape index (κ3) is 2.60. The molecule has 1 aromatic heterocycles. The number of anilines is 1. The van der Waals surface area contributed by atoms with Crippen LogP contribution in [0.2, 0.25) is 0 Å². The van der Waals surface area contributed by atoms with E-state index in [4.69, 9.17) is 5.11 Å². The van der Waals surface area contributed by atoms with Crippen LogP contribution in [0.5, 0.6) is 0 Å². The third-order valence-electron chi connectivity index (χ3n) is 3.45. The number of hydrogen-bond donors (Lipinski definition) is 2. The van der Waals surface area contributed by atoms with Gasteiger partial charge in [0, 0.05) is 18.3 Å². The molecular weight excluding hydrogens is 274 g/mol. The third-order valence-corrected chi connectivity index (χ3v) is 3.45. The Balaban J connectivity index is 1.74. The molecule has 1 aliphatic carbocycles. The highest BCUT2D eigenvalue weighted by molar-refractivity contribution is 5.98. The van der Waals surface area contributed by atoms with Crippen molar-refractivity contribution in [1.29, 1.82) is 0 Å². The fourth-order valence-corrected chi connectivity index (χ4v) is 2.20. The molecule has 0 radical (unpaired) electrons. The lowest BCUT2D eigenvalue weighted by Gasteiger charge is -2.06. The molecule has 2 N–H and O–H groups in total. The van der Waals surface area contributed by atoms with E-state index in [2.05, 4.69) is 20.8 Å². The van der Waals surface area contributed by atoms with Gasteiger partial charge in [-0.25, -0.2) is 4.68 Å². The van der Waals surface area contributed by atoms with Crippen molar-refractivity contribution in [3.63, 3.8) is 0 Å². The summed E-state index contributed by atoms with van der Waals surface area (Å²) >= 11 is 0. The molecular formula is C13H13N5O3. The highest BCUT2D eigenvalue weighted by atomic mass is 16.4. The standard InChI is InChI=1S/C13H13N5O3/c1-18-11(15-16-17-18)7-3-2-4-8(5-7)14-12(19)9-6-10(9)13(20)21/h2-5,9-10H,6H2,1H3,(H,14,19)(H,20,21)/t9-,10+/m1/s1. The van der Waals surface area contributed by atoms with Gasteiger partial charge in [0.1, 0.15) is 0 Å². The molecule has 1 heterocycles. The summed E-state index contributed by atoms with van der Waals surface area (Å²) in [6, 6.07) is 7.10. The van der Waals surface area contributed by atoms with Gasteiger partial charge in [-0.3, -0.25) is 9.59 Å². The first-order chi connectivity index (χ1) is 10.1. The zero-order valence-electron chi connectivity index (χ0n) is 11.2. The Kier molecular flexibility index (Phi) is 3.13. The summed E-state index contributed by atoms with van der Waals surface area (Å²) in [6.07, 6.45) is 0.397. The van der Waals surface area contributed by atoms with Crippen molar-refractivity contribution >= 4 is 17.6 Å². The molecule has 1 saturated carbocycles. The van der Waals surface area contributed by atoms with E-state index in [-0.39, 0.29) is 5.91 Å². The van der Waals surface area contributed by atoms with Crippen LogP contribution in [-0.4, -0.2) is 37.2 Å². The Hall–Kier alpha value is -2.77. The average molecular weight is 287 g/mol. The molecule has 0 saturated heterocycles. The van der Waals surface area contributed by atoms with Crippen molar-refractivity contribution in [3.05, 3.63) is 24.3 Å². The second-order valence-corrected chi connectivity index (χ2v) is 4.98. The molecule has 2 aromatic rings. The predicted octanol–water partition coefficient (Wildman–Crippen LogP) is 0.536. The molecule has 1 fully saturated rings. The van der Waals surface area contributed by atoms with Crippen molar-refractivity contribution in [2.24, 2.45) is 18.9 Å². The van der Waals surface area contributed by atoms with Crippen LogP contribution in [0.4, 0.5) is 5.69 Å². The number of carboxylic acid groups (broad SMARTS) is 1. The Morgan fingerprint density at radius 2 is 2.19 bits per heavy atom. The van der Waals surface area contributed by atoms with Crippen LogP contribution in [0, 0.1) is 11.8 Å². The Labute approximate surface area is 119 Å². The van der Waals surface area contributed by atoms with Crippen molar-refractivity contribution < 1.29 is 14.7 Å². The van der Waals surface area contributed by atoms with Crippen LogP contribution in [0.1, 0.15) is 6.42 Å². The summed E-state index contributed by atoms with van der Waals surface area (Å²) in [5, 5.41) is 22.8. The summed E-state index contributed by atoms with van der Waals surface area (Å²) in [5.74, 6) is -1.61. The van der Waals surface area contributed by atoms with Gasteiger partial charge in [-0.15, -0.1) is 5.10 Å². The maximum atomic E-state index is 11.9. The number of tetrazole rings is 1. The molecule has 0 bridgehead atoms. The predicted molar refractivity (Wildman–Crippen MR) is 72.1 cm³/mol. The average Bonchev–Trinajstić information content (AvgIpc) is 3.15. The highest BCUT2D eigenvalue weighted by Gasteiger charge is 2.48. The number of carbonyl (C=O) groups excluding carboxylic acids is 1. The van der Waals surface area contributed by atoms with Crippen LogP contribution in [0.3, 0.4) is 0 Å². The number of carboxylic acids is 1. The van der Waals surface area contributed by atoms with Gasteiger partial charge in [-0.1, -0.05) is 12.1 Å². The molecule has 8 heteroatoms. The summed E-state index contributed by atoms with van der Waals surface area (Å²) in [4.78, 5) is 22.7. The van der Waals surface area contributed by atoms with Crippen molar-refractivity contribution in [3.8, 4) is 11.4 Å². The Morgan fingerprint density at radius 3 is 2.81 bits per heavy atom. The smallest absolute Gasteiger partial charge is 0.307 e. The molecule has 3 rings (SSSR count). The SMILES string of the molecule is Cn1nnnc1-c1cccc(NC(=O)[C@@H]2C[C@@H]2C(=O)O)c1. The van der Waals surface area contributed by atoms with Gasteiger partial charge in [0.15, 0.2) is 5.82 Å². The van der Waals surface area contributed by atoms with Gasteiger partial charge in [-0.2, -0.15) is 0 Å². The van der Waals surface area contributed by atoms with E-state index in [9.17, 15) is 9.59 Å². The highest BCUT2D eigenvalue weighted by Crippen LogP contribution is 2.39. The number of benzene rings is 1. The van der Waals surface area contributed by atoms with Gasteiger partial charge < -0.3 is 10.4 Å². The van der Waals surface area contributed by atoms with Crippen molar-refractivity contribution in [2.75, 3.05) is 5.32 Å². The van der Waals surface area contributed by atoms with Crippen molar-refractivity contribution in [2.45, 2.75) is 6.42 Å². The Morgan fingerprint density at radius 1 is 1.38 bits per heavy atom. The monoisotopic (exact) mass is 287 g/mol. The number of aromatic nitrogens is 4. The molecule has 1 aromatic carbocycles.